The molecule has 1 fully saturated rings. The van der Waals surface area contributed by atoms with Gasteiger partial charge >= 0.3 is 0 Å². The predicted molar refractivity (Wildman–Crippen MR) is 81.0 cm³/mol. The van der Waals surface area contributed by atoms with Gasteiger partial charge in [0.25, 0.3) is 0 Å². The summed E-state index contributed by atoms with van der Waals surface area (Å²) in [5.74, 6) is 0.921. The van der Waals surface area contributed by atoms with Gasteiger partial charge in [-0.25, -0.2) is 0 Å². The van der Waals surface area contributed by atoms with E-state index in [0.717, 1.165) is 24.5 Å². The smallest absolute Gasteiger partial charge is 0.228 e. The van der Waals surface area contributed by atoms with Crippen LogP contribution in [0.5, 0.6) is 5.75 Å². The minimum atomic E-state index is -0.0545. The molecule has 1 saturated heterocycles. The molecule has 20 heavy (non-hydrogen) atoms. The number of hydrogen-bond donors (Lipinski definition) is 1. The first-order valence-electron chi connectivity index (χ1n) is 7.49. The van der Waals surface area contributed by atoms with Gasteiger partial charge in [0.2, 0.25) is 5.91 Å². The molecule has 1 heterocycles. The van der Waals surface area contributed by atoms with E-state index in [4.69, 9.17) is 10.5 Å². The maximum absolute atomic E-state index is 11.8. The Bertz CT molecular complexity index is 448. The van der Waals surface area contributed by atoms with Gasteiger partial charge in [0, 0.05) is 30.8 Å². The molecule has 4 heteroatoms. The van der Waals surface area contributed by atoms with Crippen LogP contribution in [0.1, 0.15) is 39.0 Å². The van der Waals surface area contributed by atoms with Crippen molar-refractivity contribution in [2.45, 2.75) is 45.1 Å². The number of nitrogens with zero attached hydrogens (tertiary/aromatic N) is 1. The van der Waals surface area contributed by atoms with Crippen LogP contribution in [0.15, 0.2) is 24.3 Å². The van der Waals surface area contributed by atoms with Crippen LogP contribution < -0.4 is 15.4 Å². The normalized spacial score (nSPS) is 18.6. The van der Waals surface area contributed by atoms with Gasteiger partial charge in [-0.3, -0.25) is 4.79 Å². The highest BCUT2D eigenvalue weighted by Crippen LogP contribution is 2.25. The highest BCUT2D eigenvalue weighted by molar-refractivity contribution is 5.96. The van der Waals surface area contributed by atoms with Crippen molar-refractivity contribution in [2.24, 2.45) is 5.73 Å². The standard InChI is InChI=1S/C16H24N2O2/c1-2-3-4-5-9-20-15-8-6-7-14(11-15)18-12-13(17)10-16(18)19/h6-8,11,13H,2-5,9-10,12,17H2,1H3. The molecule has 0 aliphatic carbocycles. The molecule has 110 valence electrons. The lowest BCUT2D eigenvalue weighted by Gasteiger charge is -2.17. The van der Waals surface area contributed by atoms with Crippen molar-refractivity contribution in [3.8, 4) is 5.75 Å². The van der Waals surface area contributed by atoms with Gasteiger partial charge < -0.3 is 15.4 Å². The van der Waals surface area contributed by atoms with Gasteiger partial charge in [0.05, 0.1) is 6.61 Å². The molecule has 1 aromatic carbocycles. The van der Waals surface area contributed by atoms with E-state index in [1.807, 2.05) is 24.3 Å². The molecule has 1 atom stereocenters. The molecular formula is C16H24N2O2. The molecule has 1 aliphatic heterocycles. The Morgan fingerprint density at radius 2 is 2.20 bits per heavy atom. The zero-order valence-electron chi connectivity index (χ0n) is 12.2. The fourth-order valence-corrected chi connectivity index (χ4v) is 2.44. The summed E-state index contributed by atoms with van der Waals surface area (Å²) in [6.45, 7) is 3.53. The lowest BCUT2D eigenvalue weighted by molar-refractivity contribution is -0.117. The highest BCUT2D eigenvalue weighted by atomic mass is 16.5. The maximum Gasteiger partial charge on any atom is 0.228 e. The number of hydrogen-bond acceptors (Lipinski definition) is 3. The third-order valence-electron chi connectivity index (χ3n) is 3.55. The third-order valence-corrected chi connectivity index (χ3v) is 3.55. The molecule has 0 saturated carbocycles. The number of ether oxygens (including phenoxy) is 1. The van der Waals surface area contributed by atoms with Crippen molar-refractivity contribution in [3.63, 3.8) is 0 Å². The van der Waals surface area contributed by atoms with Crippen LogP contribution >= 0.6 is 0 Å². The highest BCUT2D eigenvalue weighted by Gasteiger charge is 2.28. The first-order chi connectivity index (χ1) is 9.70. The van der Waals surface area contributed by atoms with Gasteiger partial charge in [-0.2, -0.15) is 0 Å². The van der Waals surface area contributed by atoms with Crippen LogP contribution in [0.2, 0.25) is 0 Å². The van der Waals surface area contributed by atoms with Gasteiger partial charge in [-0.15, -0.1) is 0 Å². The average molecular weight is 276 g/mol. The molecule has 1 unspecified atom stereocenters. The lowest BCUT2D eigenvalue weighted by Crippen LogP contribution is -2.27. The molecule has 4 nitrogen and oxygen atoms in total. The summed E-state index contributed by atoms with van der Waals surface area (Å²) in [7, 11) is 0. The predicted octanol–water partition coefficient (Wildman–Crippen LogP) is 2.71. The van der Waals surface area contributed by atoms with E-state index < -0.39 is 0 Å². The number of benzene rings is 1. The SMILES string of the molecule is CCCCCCOc1cccc(N2CC(N)CC2=O)c1. The first-order valence-corrected chi connectivity index (χ1v) is 7.49. The van der Waals surface area contributed by atoms with E-state index in [0.29, 0.717) is 13.0 Å². The van der Waals surface area contributed by atoms with Crippen molar-refractivity contribution in [1.82, 2.24) is 0 Å². The Balaban J connectivity index is 1.89. The molecular weight excluding hydrogens is 252 g/mol. The molecule has 0 radical (unpaired) electrons. The number of carbonyl (C=O) groups excluding carboxylic acids is 1. The molecule has 0 spiro atoms. The van der Waals surface area contributed by atoms with E-state index in [1.165, 1.54) is 19.3 Å². The minimum Gasteiger partial charge on any atom is -0.494 e. The van der Waals surface area contributed by atoms with E-state index in [9.17, 15) is 4.79 Å². The van der Waals surface area contributed by atoms with Crippen LogP contribution in [-0.4, -0.2) is 25.1 Å². The molecule has 1 aliphatic rings. The molecule has 2 rings (SSSR count). The Kier molecular flexibility index (Phi) is 5.41. The molecule has 1 aromatic rings. The summed E-state index contributed by atoms with van der Waals surface area (Å²) in [5.41, 5.74) is 6.71. The van der Waals surface area contributed by atoms with Gasteiger partial charge in [-0.05, 0) is 18.6 Å². The molecule has 1 amide bonds. The van der Waals surface area contributed by atoms with Crippen LogP contribution in [0, 0.1) is 0 Å². The number of amides is 1. The van der Waals surface area contributed by atoms with Crippen molar-refractivity contribution in [3.05, 3.63) is 24.3 Å². The molecule has 0 aromatic heterocycles. The average Bonchev–Trinajstić information content (AvgIpc) is 2.78. The van der Waals surface area contributed by atoms with Crippen molar-refractivity contribution in [2.75, 3.05) is 18.1 Å². The molecule has 2 N–H and O–H groups in total. The number of carbonyl (C=O) groups is 1. The second kappa shape index (κ2) is 7.29. The second-order valence-electron chi connectivity index (χ2n) is 5.38. The maximum atomic E-state index is 11.8. The monoisotopic (exact) mass is 276 g/mol. The van der Waals surface area contributed by atoms with Crippen LogP contribution in [0.3, 0.4) is 0 Å². The number of nitrogens with two attached hydrogens (primary N) is 1. The number of unbranched alkanes of at least 4 members (excludes halogenated alkanes) is 3. The Morgan fingerprint density at radius 1 is 1.35 bits per heavy atom. The van der Waals surface area contributed by atoms with E-state index >= 15 is 0 Å². The van der Waals surface area contributed by atoms with Crippen LogP contribution in [0.25, 0.3) is 0 Å². The summed E-state index contributed by atoms with van der Waals surface area (Å²) >= 11 is 0. The van der Waals surface area contributed by atoms with E-state index in [2.05, 4.69) is 6.92 Å². The fraction of sp³-hybridized carbons (Fsp3) is 0.562. The van der Waals surface area contributed by atoms with Crippen LogP contribution in [0.4, 0.5) is 5.69 Å². The van der Waals surface area contributed by atoms with Crippen molar-refractivity contribution in [1.29, 1.82) is 0 Å². The van der Waals surface area contributed by atoms with Gasteiger partial charge in [-0.1, -0.05) is 32.3 Å². The van der Waals surface area contributed by atoms with Gasteiger partial charge in [0.1, 0.15) is 5.75 Å². The largest absolute Gasteiger partial charge is 0.494 e. The summed E-state index contributed by atoms with van der Waals surface area (Å²) in [4.78, 5) is 13.6. The summed E-state index contributed by atoms with van der Waals surface area (Å²) in [6.07, 6.45) is 5.19. The third kappa shape index (κ3) is 3.97. The van der Waals surface area contributed by atoms with Crippen molar-refractivity contribution < 1.29 is 9.53 Å². The van der Waals surface area contributed by atoms with E-state index in [1.54, 1.807) is 4.90 Å². The van der Waals surface area contributed by atoms with Gasteiger partial charge in [0.15, 0.2) is 0 Å². The minimum absolute atomic E-state index is 0.0545. The zero-order valence-corrected chi connectivity index (χ0v) is 12.2. The quantitative estimate of drug-likeness (QED) is 0.779. The lowest BCUT2D eigenvalue weighted by atomic mass is 10.2. The Hall–Kier alpha value is -1.55. The van der Waals surface area contributed by atoms with Crippen molar-refractivity contribution >= 4 is 11.6 Å². The Labute approximate surface area is 120 Å². The summed E-state index contributed by atoms with van der Waals surface area (Å²) in [6, 6.07) is 7.66. The Morgan fingerprint density at radius 3 is 2.90 bits per heavy atom. The summed E-state index contributed by atoms with van der Waals surface area (Å²) < 4.78 is 5.75. The number of rotatable bonds is 7. The zero-order chi connectivity index (χ0) is 14.4. The van der Waals surface area contributed by atoms with Crippen LogP contribution in [-0.2, 0) is 4.79 Å². The fourth-order valence-electron chi connectivity index (χ4n) is 2.44. The van der Waals surface area contributed by atoms with E-state index in [-0.39, 0.29) is 11.9 Å². The number of anilines is 1. The summed E-state index contributed by atoms with van der Waals surface area (Å²) in [5, 5.41) is 0. The molecule has 0 bridgehead atoms. The second-order valence-corrected chi connectivity index (χ2v) is 5.38. The topological polar surface area (TPSA) is 55.6 Å². The first kappa shape index (κ1) is 14.9.